The fraction of sp³-hybridized carbons (Fsp3) is 0.0952. The lowest BCUT2D eigenvalue weighted by Gasteiger charge is -2.12. The molecule has 140 valence electrons. The zero-order valence-electron chi connectivity index (χ0n) is 15.2. The number of aromatic nitrogens is 3. The molecule has 6 nitrogen and oxygen atoms in total. The summed E-state index contributed by atoms with van der Waals surface area (Å²) in [7, 11) is 0. The van der Waals surface area contributed by atoms with Crippen molar-refractivity contribution in [2.75, 3.05) is 11.1 Å². The molecular weight excluding hydrogens is 372 g/mol. The van der Waals surface area contributed by atoms with E-state index in [-0.39, 0.29) is 11.7 Å². The monoisotopic (exact) mass is 390 g/mol. The van der Waals surface area contributed by atoms with Gasteiger partial charge in [-0.3, -0.25) is 14.7 Å². The third kappa shape index (κ3) is 3.99. The quantitative estimate of drug-likeness (QED) is 0.488. The van der Waals surface area contributed by atoms with Gasteiger partial charge < -0.3 is 4.52 Å². The van der Waals surface area contributed by atoms with Crippen molar-refractivity contribution >= 4 is 23.6 Å². The lowest BCUT2D eigenvalue weighted by molar-refractivity contribution is -0.113. The molecule has 0 aliphatic heterocycles. The van der Waals surface area contributed by atoms with Crippen LogP contribution in [0.1, 0.15) is 5.69 Å². The normalized spacial score (nSPS) is 10.8. The van der Waals surface area contributed by atoms with Crippen molar-refractivity contribution in [3.8, 4) is 16.9 Å². The number of aryl methyl sites for hydroxylation is 1. The molecule has 0 atom stereocenters. The Morgan fingerprint density at radius 3 is 2.50 bits per heavy atom. The van der Waals surface area contributed by atoms with Gasteiger partial charge in [-0.25, -0.2) is 4.98 Å². The fourth-order valence-electron chi connectivity index (χ4n) is 2.80. The second-order valence-corrected chi connectivity index (χ2v) is 7.07. The molecule has 28 heavy (non-hydrogen) atoms. The predicted molar refractivity (Wildman–Crippen MR) is 110 cm³/mol. The van der Waals surface area contributed by atoms with Gasteiger partial charge in [0.2, 0.25) is 11.8 Å². The smallest absolute Gasteiger partial charge is 0.237 e. The standard InChI is InChI=1S/C21H18N4O2S/c1-15-12-20(27-24-15)23-19(26)14-28-21-22-13-18(16-8-4-2-5-9-16)25(21)17-10-6-3-7-11-17/h2-13H,14H2,1H3,(H,23,26). The molecule has 0 spiro atoms. The number of nitrogens with zero attached hydrogens (tertiary/aromatic N) is 3. The molecular formula is C21H18N4O2S. The SMILES string of the molecule is Cc1cc(NC(=O)CSc2ncc(-c3ccccc3)n2-c2ccccc2)on1. The maximum absolute atomic E-state index is 12.3. The molecule has 2 heterocycles. The molecule has 0 saturated heterocycles. The van der Waals surface area contributed by atoms with Crippen LogP contribution < -0.4 is 5.32 Å². The molecule has 2 aromatic heterocycles. The number of para-hydroxylation sites is 1. The third-order valence-corrected chi connectivity index (χ3v) is 4.99. The average molecular weight is 390 g/mol. The average Bonchev–Trinajstić information content (AvgIpc) is 3.33. The Kier molecular flexibility index (Phi) is 5.25. The molecule has 1 amide bonds. The molecule has 0 bridgehead atoms. The van der Waals surface area contributed by atoms with E-state index in [0.29, 0.717) is 5.88 Å². The molecule has 4 aromatic rings. The topological polar surface area (TPSA) is 73.0 Å². The molecule has 0 aliphatic rings. The number of carbonyl (C=O) groups is 1. The van der Waals surface area contributed by atoms with Crippen LogP contribution in [0.5, 0.6) is 0 Å². The number of nitrogens with one attached hydrogen (secondary N) is 1. The van der Waals surface area contributed by atoms with E-state index in [4.69, 9.17) is 4.52 Å². The van der Waals surface area contributed by atoms with Crippen molar-refractivity contribution < 1.29 is 9.32 Å². The van der Waals surface area contributed by atoms with Gasteiger partial charge in [-0.2, -0.15) is 0 Å². The van der Waals surface area contributed by atoms with Crippen LogP contribution in [-0.4, -0.2) is 26.4 Å². The molecule has 7 heteroatoms. The molecule has 0 aliphatic carbocycles. The van der Waals surface area contributed by atoms with Crippen LogP contribution in [0.15, 0.2) is 82.6 Å². The van der Waals surface area contributed by atoms with Crippen molar-refractivity contribution in [3.05, 3.63) is 78.6 Å². The van der Waals surface area contributed by atoms with Gasteiger partial charge >= 0.3 is 0 Å². The number of hydrogen-bond donors (Lipinski definition) is 1. The zero-order valence-corrected chi connectivity index (χ0v) is 16.0. The molecule has 4 rings (SSSR count). The number of benzene rings is 2. The highest BCUT2D eigenvalue weighted by Gasteiger charge is 2.16. The van der Waals surface area contributed by atoms with Crippen molar-refractivity contribution in [2.45, 2.75) is 12.1 Å². The van der Waals surface area contributed by atoms with Gasteiger partial charge in [-0.1, -0.05) is 65.4 Å². The summed E-state index contributed by atoms with van der Waals surface area (Å²) in [5, 5.41) is 7.21. The predicted octanol–water partition coefficient (Wildman–Crippen LogP) is 4.57. The summed E-state index contributed by atoms with van der Waals surface area (Å²) in [6, 6.07) is 21.7. The summed E-state index contributed by atoms with van der Waals surface area (Å²) in [5.74, 6) is 0.377. The van der Waals surface area contributed by atoms with E-state index in [1.807, 2.05) is 66.9 Å². The van der Waals surface area contributed by atoms with Gasteiger partial charge in [0.15, 0.2) is 5.16 Å². The van der Waals surface area contributed by atoms with Crippen molar-refractivity contribution in [1.29, 1.82) is 0 Å². The van der Waals surface area contributed by atoms with E-state index >= 15 is 0 Å². The van der Waals surface area contributed by atoms with Gasteiger partial charge in [0.05, 0.1) is 23.3 Å². The van der Waals surface area contributed by atoms with Gasteiger partial charge in [0.1, 0.15) is 0 Å². The summed E-state index contributed by atoms with van der Waals surface area (Å²) in [6.45, 7) is 1.80. The highest BCUT2D eigenvalue weighted by Crippen LogP contribution is 2.29. The van der Waals surface area contributed by atoms with Crippen molar-refractivity contribution in [2.24, 2.45) is 0 Å². The first-order chi connectivity index (χ1) is 13.7. The molecule has 1 N–H and O–H groups in total. The Hall–Kier alpha value is -3.32. The van der Waals surface area contributed by atoms with E-state index in [1.165, 1.54) is 11.8 Å². The maximum atomic E-state index is 12.3. The Morgan fingerprint density at radius 1 is 1.11 bits per heavy atom. The maximum Gasteiger partial charge on any atom is 0.237 e. The van der Waals surface area contributed by atoms with Gasteiger partial charge in [-0.05, 0) is 19.1 Å². The first kappa shape index (κ1) is 18.1. The van der Waals surface area contributed by atoms with Crippen LogP contribution in [0.2, 0.25) is 0 Å². The number of imidazole rings is 1. The van der Waals surface area contributed by atoms with E-state index in [1.54, 1.807) is 13.0 Å². The lowest BCUT2D eigenvalue weighted by atomic mass is 10.1. The first-order valence-corrected chi connectivity index (χ1v) is 9.74. The van der Waals surface area contributed by atoms with Gasteiger partial charge in [0, 0.05) is 17.3 Å². The van der Waals surface area contributed by atoms with Crippen molar-refractivity contribution in [1.82, 2.24) is 14.7 Å². The van der Waals surface area contributed by atoms with Crippen molar-refractivity contribution in [3.63, 3.8) is 0 Å². The highest BCUT2D eigenvalue weighted by atomic mass is 32.2. The minimum Gasteiger partial charge on any atom is -0.338 e. The van der Waals surface area contributed by atoms with E-state index < -0.39 is 0 Å². The molecule has 0 saturated carbocycles. The molecule has 0 fully saturated rings. The van der Waals surface area contributed by atoms with Crippen LogP contribution in [-0.2, 0) is 4.79 Å². The van der Waals surface area contributed by atoms with E-state index in [9.17, 15) is 4.79 Å². The van der Waals surface area contributed by atoms with E-state index in [0.717, 1.165) is 27.8 Å². The number of carbonyl (C=O) groups excluding carboxylic acids is 1. The minimum atomic E-state index is -0.176. The van der Waals surface area contributed by atoms with Crippen LogP contribution >= 0.6 is 11.8 Å². The lowest BCUT2D eigenvalue weighted by Crippen LogP contribution is -2.14. The Balaban J connectivity index is 1.58. The molecule has 0 unspecified atom stereocenters. The van der Waals surface area contributed by atoms with Crippen LogP contribution in [0.3, 0.4) is 0 Å². The van der Waals surface area contributed by atoms with Crippen LogP contribution in [0, 0.1) is 6.92 Å². The zero-order chi connectivity index (χ0) is 19.3. The summed E-state index contributed by atoms with van der Waals surface area (Å²) >= 11 is 1.37. The molecule has 0 radical (unpaired) electrons. The number of thioether (sulfide) groups is 1. The second-order valence-electron chi connectivity index (χ2n) is 6.13. The van der Waals surface area contributed by atoms with Gasteiger partial charge in [0.25, 0.3) is 0 Å². The number of amides is 1. The van der Waals surface area contributed by atoms with Crippen LogP contribution in [0.4, 0.5) is 5.88 Å². The first-order valence-electron chi connectivity index (χ1n) is 8.75. The Labute approximate surface area is 166 Å². The van der Waals surface area contributed by atoms with Gasteiger partial charge in [-0.15, -0.1) is 0 Å². The van der Waals surface area contributed by atoms with E-state index in [2.05, 4.69) is 20.0 Å². The molecule has 2 aromatic carbocycles. The summed E-state index contributed by atoms with van der Waals surface area (Å²) in [5.41, 5.74) is 3.75. The Morgan fingerprint density at radius 2 is 1.82 bits per heavy atom. The fourth-order valence-corrected chi connectivity index (χ4v) is 3.59. The van der Waals surface area contributed by atoms with Crippen LogP contribution in [0.25, 0.3) is 16.9 Å². The number of rotatable bonds is 6. The summed E-state index contributed by atoms with van der Waals surface area (Å²) < 4.78 is 7.09. The Bertz CT molecular complexity index is 1070. The largest absolute Gasteiger partial charge is 0.338 e. The number of anilines is 1. The minimum absolute atomic E-state index is 0.176. The summed E-state index contributed by atoms with van der Waals surface area (Å²) in [4.78, 5) is 16.8. The number of hydrogen-bond acceptors (Lipinski definition) is 5. The third-order valence-electron chi connectivity index (χ3n) is 4.04. The summed E-state index contributed by atoms with van der Waals surface area (Å²) in [6.07, 6.45) is 1.84. The highest BCUT2D eigenvalue weighted by molar-refractivity contribution is 7.99. The second kappa shape index (κ2) is 8.14.